The fourth-order valence-electron chi connectivity index (χ4n) is 3.11. The number of ether oxygens (including phenoxy) is 1. The van der Waals surface area contributed by atoms with Gasteiger partial charge in [0.25, 0.3) is 9.05 Å². The van der Waals surface area contributed by atoms with Crippen LogP contribution in [0.1, 0.15) is 26.3 Å². The molecule has 0 saturated heterocycles. The first-order chi connectivity index (χ1) is 14.2. The van der Waals surface area contributed by atoms with Gasteiger partial charge in [-0.1, -0.05) is 42.5 Å². The zero-order chi connectivity index (χ0) is 21.9. The number of rotatable bonds is 6. The molecular weight excluding hydrogens is 426 g/mol. The van der Waals surface area contributed by atoms with Crippen molar-refractivity contribution in [2.24, 2.45) is 0 Å². The van der Waals surface area contributed by atoms with Crippen LogP contribution in [0.3, 0.4) is 0 Å². The number of carbonyl (C=O) groups excluding carboxylic acids is 2. The molecule has 3 aromatic carbocycles. The summed E-state index contributed by atoms with van der Waals surface area (Å²) in [6.45, 7) is 0. The highest BCUT2D eigenvalue weighted by Crippen LogP contribution is 2.29. The normalized spacial score (nSPS) is 11.1. The highest BCUT2D eigenvalue weighted by Gasteiger charge is 2.21. The lowest BCUT2D eigenvalue weighted by atomic mass is 9.93. The van der Waals surface area contributed by atoms with Gasteiger partial charge in [-0.25, -0.2) is 13.2 Å². The Kier molecular flexibility index (Phi) is 6.24. The lowest BCUT2D eigenvalue weighted by Crippen LogP contribution is -2.13. The number of hydrogen-bond donors (Lipinski definition) is 1. The van der Waals surface area contributed by atoms with E-state index >= 15 is 0 Å². The first kappa shape index (κ1) is 21.5. The SMILES string of the molecule is COC(=O)c1c(N)cc(-c2ccccc2)cc1CC(=O)c1cccc(S(=O)(=O)Cl)c1. The Bertz CT molecular complexity index is 1220. The summed E-state index contributed by atoms with van der Waals surface area (Å²) in [5.74, 6) is -1.06. The van der Waals surface area contributed by atoms with Gasteiger partial charge in [0.2, 0.25) is 0 Å². The van der Waals surface area contributed by atoms with E-state index in [9.17, 15) is 18.0 Å². The van der Waals surface area contributed by atoms with Crippen molar-refractivity contribution in [1.29, 1.82) is 0 Å². The quantitative estimate of drug-likeness (QED) is 0.266. The Balaban J connectivity index is 2.06. The number of hydrogen-bond acceptors (Lipinski definition) is 6. The molecule has 0 atom stereocenters. The first-order valence-electron chi connectivity index (χ1n) is 8.84. The van der Waals surface area contributed by atoms with Gasteiger partial charge in [0.05, 0.1) is 17.6 Å². The van der Waals surface area contributed by atoms with Crippen LogP contribution in [0.25, 0.3) is 11.1 Å². The van der Waals surface area contributed by atoms with Gasteiger partial charge in [0.1, 0.15) is 0 Å². The molecule has 2 N–H and O–H groups in total. The lowest BCUT2D eigenvalue weighted by Gasteiger charge is -2.14. The largest absolute Gasteiger partial charge is 0.465 e. The topological polar surface area (TPSA) is 104 Å². The average Bonchev–Trinajstić information content (AvgIpc) is 2.73. The second kappa shape index (κ2) is 8.69. The minimum Gasteiger partial charge on any atom is -0.465 e. The van der Waals surface area contributed by atoms with Gasteiger partial charge in [0.15, 0.2) is 5.78 Å². The average molecular weight is 444 g/mol. The van der Waals surface area contributed by atoms with Crippen molar-refractivity contribution in [2.75, 3.05) is 12.8 Å². The molecule has 0 aliphatic rings. The predicted molar refractivity (Wildman–Crippen MR) is 115 cm³/mol. The number of halogens is 1. The molecule has 0 unspecified atom stereocenters. The maximum Gasteiger partial charge on any atom is 0.340 e. The second-order valence-corrected chi connectivity index (χ2v) is 9.09. The fourth-order valence-corrected chi connectivity index (χ4v) is 3.91. The van der Waals surface area contributed by atoms with Crippen LogP contribution in [-0.4, -0.2) is 27.3 Å². The summed E-state index contributed by atoms with van der Waals surface area (Å²) in [7, 11) is 2.62. The van der Waals surface area contributed by atoms with Crippen molar-refractivity contribution in [3.05, 3.63) is 83.4 Å². The van der Waals surface area contributed by atoms with Crippen LogP contribution >= 0.6 is 10.7 Å². The number of methoxy groups -OCH3 is 1. The summed E-state index contributed by atoms with van der Waals surface area (Å²) in [5, 5.41) is 0. The van der Waals surface area contributed by atoms with Crippen LogP contribution in [0.4, 0.5) is 5.69 Å². The molecule has 154 valence electrons. The van der Waals surface area contributed by atoms with Crippen LogP contribution in [0.2, 0.25) is 0 Å². The maximum absolute atomic E-state index is 12.9. The van der Waals surface area contributed by atoms with Crippen LogP contribution in [0, 0.1) is 0 Å². The summed E-state index contributed by atoms with van der Waals surface area (Å²) < 4.78 is 28.0. The van der Waals surface area contributed by atoms with Gasteiger partial charge in [-0.05, 0) is 41.0 Å². The number of benzene rings is 3. The van der Waals surface area contributed by atoms with Gasteiger partial charge in [-0.3, -0.25) is 4.79 Å². The van der Waals surface area contributed by atoms with Gasteiger partial charge < -0.3 is 10.5 Å². The van der Waals surface area contributed by atoms with Crippen molar-refractivity contribution in [3.8, 4) is 11.1 Å². The van der Waals surface area contributed by atoms with E-state index in [1.165, 1.54) is 31.4 Å². The molecule has 6 nitrogen and oxygen atoms in total. The minimum atomic E-state index is -3.98. The van der Waals surface area contributed by atoms with Crippen LogP contribution in [-0.2, 0) is 20.2 Å². The smallest absolute Gasteiger partial charge is 0.340 e. The van der Waals surface area contributed by atoms with E-state index in [4.69, 9.17) is 21.2 Å². The number of nitrogen functional groups attached to an aromatic ring is 1. The third kappa shape index (κ3) is 4.69. The number of nitrogens with two attached hydrogens (primary N) is 1. The number of esters is 1. The summed E-state index contributed by atoms with van der Waals surface area (Å²) in [6, 6.07) is 18.1. The Morgan fingerprint density at radius 3 is 2.30 bits per heavy atom. The van der Waals surface area contributed by atoms with Crippen molar-refractivity contribution >= 4 is 37.2 Å². The molecule has 0 aliphatic carbocycles. The van der Waals surface area contributed by atoms with Gasteiger partial charge in [0, 0.05) is 28.4 Å². The molecular formula is C22H18ClNO5S. The monoisotopic (exact) mass is 443 g/mol. The molecule has 0 saturated carbocycles. The van der Waals surface area contributed by atoms with Crippen LogP contribution in [0.5, 0.6) is 0 Å². The van der Waals surface area contributed by atoms with Crippen molar-refractivity contribution in [1.82, 2.24) is 0 Å². The van der Waals surface area contributed by atoms with Crippen LogP contribution < -0.4 is 5.73 Å². The van der Waals surface area contributed by atoms with E-state index in [0.717, 1.165) is 11.1 Å². The lowest BCUT2D eigenvalue weighted by molar-refractivity contribution is 0.0601. The Labute approximate surface area is 178 Å². The molecule has 8 heteroatoms. The molecule has 0 amide bonds. The van der Waals surface area contributed by atoms with Gasteiger partial charge >= 0.3 is 5.97 Å². The van der Waals surface area contributed by atoms with E-state index in [-0.39, 0.29) is 28.1 Å². The summed E-state index contributed by atoms with van der Waals surface area (Å²) >= 11 is 0. The van der Waals surface area contributed by atoms with Crippen molar-refractivity contribution in [3.63, 3.8) is 0 Å². The first-order valence-corrected chi connectivity index (χ1v) is 11.2. The molecule has 3 rings (SSSR count). The third-order valence-corrected chi connectivity index (χ3v) is 5.89. The minimum absolute atomic E-state index is 0.103. The van der Waals surface area contributed by atoms with Crippen molar-refractivity contribution < 1.29 is 22.7 Å². The zero-order valence-electron chi connectivity index (χ0n) is 16.0. The zero-order valence-corrected chi connectivity index (χ0v) is 17.5. The molecule has 0 fully saturated rings. The fraction of sp³-hybridized carbons (Fsp3) is 0.0909. The number of ketones is 1. The highest BCUT2D eigenvalue weighted by atomic mass is 35.7. The second-order valence-electron chi connectivity index (χ2n) is 6.52. The van der Waals surface area contributed by atoms with Crippen molar-refractivity contribution in [2.45, 2.75) is 11.3 Å². The summed E-state index contributed by atoms with van der Waals surface area (Å²) in [4.78, 5) is 25.0. The van der Waals surface area contributed by atoms with Crippen LogP contribution in [0.15, 0.2) is 71.6 Å². The van der Waals surface area contributed by atoms with Gasteiger partial charge in [-0.15, -0.1) is 0 Å². The Morgan fingerprint density at radius 2 is 1.67 bits per heavy atom. The highest BCUT2D eigenvalue weighted by molar-refractivity contribution is 8.13. The molecule has 30 heavy (non-hydrogen) atoms. The van der Waals surface area contributed by atoms with E-state index < -0.39 is 20.8 Å². The summed E-state index contributed by atoms with van der Waals surface area (Å²) in [6.07, 6.45) is -0.179. The van der Waals surface area contributed by atoms with E-state index in [2.05, 4.69) is 0 Å². The Morgan fingerprint density at radius 1 is 0.967 bits per heavy atom. The van der Waals surface area contributed by atoms with E-state index in [1.54, 1.807) is 12.1 Å². The maximum atomic E-state index is 12.9. The third-order valence-electron chi connectivity index (χ3n) is 4.54. The molecule has 0 bridgehead atoms. The van der Waals surface area contributed by atoms with E-state index in [0.29, 0.717) is 5.56 Å². The number of carbonyl (C=O) groups is 2. The molecule has 0 heterocycles. The molecule has 0 aromatic heterocycles. The molecule has 0 spiro atoms. The van der Waals surface area contributed by atoms with Gasteiger partial charge in [-0.2, -0.15) is 0 Å². The predicted octanol–water partition coefficient (Wildman–Crippen LogP) is 4.08. The molecule has 0 radical (unpaired) electrons. The number of Topliss-reactive ketones (excluding diaryl/α,β-unsaturated/α-hetero) is 1. The molecule has 3 aromatic rings. The Hall–Kier alpha value is -3.16. The standard InChI is InChI=1S/C22H18ClNO5S/c1-29-22(26)21-17(10-16(12-19(21)24)14-6-3-2-4-7-14)13-20(25)15-8-5-9-18(11-15)30(23,27)28/h2-12H,13,24H2,1H3. The number of anilines is 1. The molecule has 0 aliphatic heterocycles. The van der Waals surface area contributed by atoms with E-state index in [1.807, 2.05) is 30.3 Å². The summed E-state index contributed by atoms with van der Waals surface area (Å²) in [5.41, 5.74) is 8.54.